The van der Waals surface area contributed by atoms with Gasteiger partial charge in [0.2, 0.25) is 0 Å². The Morgan fingerprint density at radius 2 is 1.78 bits per heavy atom. The highest BCUT2D eigenvalue weighted by molar-refractivity contribution is 5.28. The van der Waals surface area contributed by atoms with Crippen LogP contribution in [-0.4, -0.2) is 34.7 Å². The molecule has 0 amide bonds. The van der Waals surface area contributed by atoms with Gasteiger partial charge in [-0.15, -0.1) is 0 Å². The van der Waals surface area contributed by atoms with Gasteiger partial charge in [0, 0.05) is 19.1 Å². The lowest BCUT2D eigenvalue weighted by atomic mass is 9.77. The van der Waals surface area contributed by atoms with Crippen molar-refractivity contribution < 1.29 is 5.11 Å². The fourth-order valence-corrected chi connectivity index (χ4v) is 4.35. The standard InChI is InChI=1S/C25H41NO/c1-7-8-13-25(27)14-16-26(17-15-25)23(18-20(2)3)19-24(5,6)22-11-9-21(4)10-12-22/h9-12,18,23,27H,7-8,13-17,19H2,1-6H3. The summed E-state index contributed by atoms with van der Waals surface area (Å²) in [6, 6.07) is 9.45. The van der Waals surface area contributed by atoms with E-state index in [0.29, 0.717) is 6.04 Å². The molecule has 1 heterocycles. The van der Waals surface area contributed by atoms with Crippen molar-refractivity contribution >= 4 is 0 Å². The molecule has 2 rings (SSSR count). The quantitative estimate of drug-likeness (QED) is 0.565. The molecule has 2 heteroatoms. The predicted octanol–water partition coefficient (Wildman–Crippen LogP) is 6.01. The number of nitrogens with zero attached hydrogens (tertiary/aromatic N) is 1. The van der Waals surface area contributed by atoms with Crippen LogP contribution in [-0.2, 0) is 5.41 Å². The number of allylic oxidation sites excluding steroid dienone is 1. The number of unbranched alkanes of at least 4 members (excludes halogenated alkanes) is 1. The second kappa shape index (κ2) is 9.39. The van der Waals surface area contributed by atoms with Crippen molar-refractivity contribution in [1.29, 1.82) is 0 Å². The van der Waals surface area contributed by atoms with Crippen LogP contribution in [0.4, 0.5) is 0 Å². The SMILES string of the molecule is CCCCC1(O)CCN(C(C=C(C)C)CC(C)(C)c2ccc(C)cc2)CC1. The molecule has 1 aromatic carbocycles. The van der Waals surface area contributed by atoms with Crippen molar-refractivity contribution in [2.24, 2.45) is 0 Å². The highest BCUT2D eigenvalue weighted by Crippen LogP contribution is 2.34. The molecule has 1 aliphatic heterocycles. The highest BCUT2D eigenvalue weighted by Gasteiger charge is 2.35. The van der Waals surface area contributed by atoms with Crippen molar-refractivity contribution in [2.45, 2.75) is 97.1 Å². The summed E-state index contributed by atoms with van der Waals surface area (Å²) >= 11 is 0. The average Bonchev–Trinajstić information content (AvgIpc) is 2.60. The maximum atomic E-state index is 10.9. The van der Waals surface area contributed by atoms with Gasteiger partial charge in [-0.2, -0.15) is 0 Å². The predicted molar refractivity (Wildman–Crippen MR) is 117 cm³/mol. The van der Waals surface area contributed by atoms with E-state index in [4.69, 9.17) is 0 Å². The van der Waals surface area contributed by atoms with Gasteiger partial charge in [-0.05, 0) is 57.4 Å². The lowest BCUT2D eigenvalue weighted by Gasteiger charge is -2.43. The van der Waals surface area contributed by atoms with E-state index in [2.05, 4.69) is 76.8 Å². The van der Waals surface area contributed by atoms with Gasteiger partial charge in [-0.3, -0.25) is 4.90 Å². The van der Waals surface area contributed by atoms with Crippen molar-refractivity contribution in [3.63, 3.8) is 0 Å². The summed E-state index contributed by atoms with van der Waals surface area (Å²) in [6.45, 7) is 15.5. The largest absolute Gasteiger partial charge is 0.390 e. The van der Waals surface area contributed by atoms with Gasteiger partial charge in [0.15, 0.2) is 0 Å². The first-order valence-electron chi connectivity index (χ1n) is 10.8. The zero-order valence-electron chi connectivity index (χ0n) is 18.5. The molecule has 0 bridgehead atoms. The van der Waals surface area contributed by atoms with Gasteiger partial charge < -0.3 is 5.11 Å². The molecule has 1 N–H and O–H groups in total. The van der Waals surface area contributed by atoms with Gasteiger partial charge in [-0.25, -0.2) is 0 Å². The molecule has 0 aliphatic carbocycles. The fraction of sp³-hybridized carbons (Fsp3) is 0.680. The summed E-state index contributed by atoms with van der Waals surface area (Å²) in [5.41, 5.74) is 3.80. The first-order chi connectivity index (χ1) is 12.6. The Hall–Kier alpha value is -1.12. The first kappa shape index (κ1) is 22.2. The zero-order valence-corrected chi connectivity index (χ0v) is 18.5. The average molecular weight is 372 g/mol. The van der Waals surface area contributed by atoms with Crippen molar-refractivity contribution in [2.75, 3.05) is 13.1 Å². The molecular weight excluding hydrogens is 330 g/mol. The molecule has 0 radical (unpaired) electrons. The molecule has 0 saturated carbocycles. The van der Waals surface area contributed by atoms with E-state index in [1.54, 1.807) is 0 Å². The number of piperidine rings is 1. The Morgan fingerprint density at radius 1 is 1.19 bits per heavy atom. The van der Waals surface area contributed by atoms with Crippen LogP contribution in [0, 0.1) is 6.92 Å². The summed E-state index contributed by atoms with van der Waals surface area (Å²) < 4.78 is 0. The minimum atomic E-state index is -0.436. The maximum Gasteiger partial charge on any atom is 0.0672 e. The second-order valence-corrected chi connectivity index (χ2v) is 9.63. The lowest BCUT2D eigenvalue weighted by molar-refractivity contribution is -0.0360. The van der Waals surface area contributed by atoms with E-state index in [9.17, 15) is 5.11 Å². The third-order valence-corrected chi connectivity index (χ3v) is 6.27. The van der Waals surface area contributed by atoms with E-state index in [0.717, 1.165) is 51.6 Å². The Bertz CT molecular complexity index is 602. The normalized spacial score (nSPS) is 18.9. The third-order valence-electron chi connectivity index (χ3n) is 6.27. The topological polar surface area (TPSA) is 23.5 Å². The van der Waals surface area contributed by atoms with Crippen LogP contribution in [0.25, 0.3) is 0 Å². The van der Waals surface area contributed by atoms with E-state index in [1.165, 1.54) is 16.7 Å². The molecule has 2 nitrogen and oxygen atoms in total. The molecule has 27 heavy (non-hydrogen) atoms. The number of aliphatic hydroxyl groups is 1. The number of rotatable bonds is 8. The van der Waals surface area contributed by atoms with Crippen molar-refractivity contribution in [3.8, 4) is 0 Å². The number of likely N-dealkylation sites (tertiary alicyclic amines) is 1. The highest BCUT2D eigenvalue weighted by atomic mass is 16.3. The molecule has 1 aliphatic rings. The van der Waals surface area contributed by atoms with Crippen LogP contribution in [0.1, 0.15) is 84.3 Å². The fourth-order valence-electron chi connectivity index (χ4n) is 4.35. The minimum Gasteiger partial charge on any atom is -0.390 e. The van der Waals surface area contributed by atoms with Crippen LogP contribution in [0.2, 0.25) is 0 Å². The molecule has 0 aromatic heterocycles. The molecule has 1 fully saturated rings. The first-order valence-corrected chi connectivity index (χ1v) is 10.8. The van der Waals surface area contributed by atoms with Crippen LogP contribution in [0.5, 0.6) is 0 Å². The summed E-state index contributed by atoms with van der Waals surface area (Å²) in [5.74, 6) is 0. The summed E-state index contributed by atoms with van der Waals surface area (Å²) in [6.07, 6.45) is 8.61. The van der Waals surface area contributed by atoms with Gasteiger partial charge in [0.25, 0.3) is 0 Å². The molecule has 1 atom stereocenters. The van der Waals surface area contributed by atoms with Gasteiger partial charge in [-0.1, -0.05) is 75.1 Å². The van der Waals surface area contributed by atoms with E-state index < -0.39 is 5.60 Å². The van der Waals surface area contributed by atoms with E-state index >= 15 is 0 Å². The Labute approximate surface area is 167 Å². The van der Waals surface area contributed by atoms with Crippen LogP contribution < -0.4 is 0 Å². The molecule has 152 valence electrons. The summed E-state index contributed by atoms with van der Waals surface area (Å²) in [4.78, 5) is 2.60. The van der Waals surface area contributed by atoms with Crippen LogP contribution >= 0.6 is 0 Å². The molecule has 0 spiro atoms. The van der Waals surface area contributed by atoms with Gasteiger partial charge in [0.1, 0.15) is 0 Å². The van der Waals surface area contributed by atoms with Crippen molar-refractivity contribution in [3.05, 3.63) is 47.0 Å². The Kier molecular flexibility index (Phi) is 7.71. The molecule has 1 aromatic rings. The van der Waals surface area contributed by atoms with Crippen LogP contribution in [0.3, 0.4) is 0 Å². The van der Waals surface area contributed by atoms with E-state index in [-0.39, 0.29) is 5.41 Å². The second-order valence-electron chi connectivity index (χ2n) is 9.63. The number of hydrogen-bond donors (Lipinski definition) is 1. The minimum absolute atomic E-state index is 0.125. The van der Waals surface area contributed by atoms with E-state index in [1.807, 2.05) is 0 Å². The van der Waals surface area contributed by atoms with Gasteiger partial charge >= 0.3 is 0 Å². The number of hydrogen-bond acceptors (Lipinski definition) is 2. The van der Waals surface area contributed by atoms with Crippen molar-refractivity contribution in [1.82, 2.24) is 4.90 Å². The molecule has 1 saturated heterocycles. The summed E-state index contributed by atoms with van der Waals surface area (Å²) in [7, 11) is 0. The smallest absolute Gasteiger partial charge is 0.0672 e. The zero-order chi connectivity index (χ0) is 20.1. The third kappa shape index (κ3) is 6.47. The molecule has 1 unspecified atom stereocenters. The number of aryl methyl sites for hydroxylation is 1. The summed E-state index contributed by atoms with van der Waals surface area (Å²) in [5, 5.41) is 10.9. The number of benzene rings is 1. The maximum absolute atomic E-state index is 10.9. The Morgan fingerprint density at radius 3 is 2.30 bits per heavy atom. The monoisotopic (exact) mass is 371 g/mol. The lowest BCUT2D eigenvalue weighted by Crippen LogP contribution is -2.49. The van der Waals surface area contributed by atoms with Gasteiger partial charge in [0.05, 0.1) is 5.60 Å². The molecular formula is C25H41NO. The Balaban J connectivity index is 2.10. The van der Waals surface area contributed by atoms with Crippen LogP contribution in [0.15, 0.2) is 35.9 Å².